The van der Waals surface area contributed by atoms with E-state index in [0.717, 1.165) is 0 Å². The Morgan fingerprint density at radius 3 is 2.28 bits per heavy atom. The number of hydrogen-bond acceptors (Lipinski definition) is 8. The number of anilines is 2. The van der Waals surface area contributed by atoms with Gasteiger partial charge in [-0.1, -0.05) is 36.4 Å². The van der Waals surface area contributed by atoms with Gasteiger partial charge in [0.05, 0.1) is 11.3 Å². The maximum atomic E-state index is 13.0. The number of carbonyl (C=O) groups is 4. The SMILES string of the molecule is CN(CC(=O)OCC(=O)Nc1cccc2c1C(=O)c1ccccc1C2=O)c1ncccn1. The summed E-state index contributed by atoms with van der Waals surface area (Å²) < 4.78 is 5.02. The van der Waals surface area contributed by atoms with Gasteiger partial charge in [-0.25, -0.2) is 9.97 Å². The minimum absolute atomic E-state index is 0.122. The topological polar surface area (TPSA) is 119 Å². The van der Waals surface area contributed by atoms with Crippen LogP contribution in [0.2, 0.25) is 0 Å². The number of fused-ring (bicyclic) bond motifs is 2. The standard InChI is InChI=1S/C23H18N4O5/c1-27(23-24-10-5-11-25-23)12-19(29)32-13-18(28)26-17-9-4-8-16-20(17)22(31)15-7-3-2-6-14(15)21(16)30/h2-11H,12-13H2,1H3,(H,26,28). The molecule has 160 valence electrons. The summed E-state index contributed by atoms with van der Waals surface area (Å²) in [6.07, 6.45) is 3.09. The van der Waals surface area contributed by atoms with Crippen LogP contribution in [0.4, 0.5) is 11.6 Å². The van der Waals surface area contributed by atoms with Crippen LogP contribution in [0.5, 0.6) is 0 Å². The molecule has 9 heteroatoms. The lowest BCUT2D eigenvalue weighted by atomic mass is 9.83. The highest BCUT2D eigenvalue weighted by atomic mass is 16.5. The van der Waals surface area contributed by atoms with Crippen molar-refractivity contribution in [3.05, 3.63) is 83.2 Å². The van der Waals surface area contributed by atoms with Crippen molar-refractivity contribution in [2.75, 3.05) is 30.4 Å². The third-order valence-electron chi connectivity index (χ3n) is 4.85. The molecule has 2 aromatic carbocycles. The van der Waals surface area contributed by atoms with E-state index in [1.807, 2.05) is 0 Å². The van der Waals surface area contributed by atoms with Crippen LogP contribution in [0, 0.1) is 0 Å². The summed E-state index contributed by atoms with van der Waals surface area (Å²) in [6.45, 7) is -0.702. The van der Waals surface area contributed by atoms with Crippen LogP contribution in [0.3, 0.4) is 0 Å². The molecule has 0 fully saturated rings. The molecule has 0 spiro atoms. The van der Waals surface area contributed by atoms with Crippen LogP contribution in [-0.2, 0) is 14.3 Å². The molecular weight excluding hydrogens is 412 g/mol. The predicted molar refractivity (Wildman–Crippen MR) is 115 cm³/mol. The first-order chi connectivity index (χ1) is 15.5. The van der Waals surface area contributed by atoms with Gasteiger partial charge in [0.15, 0.2) is 18.2 Å². The predicted octanol–water partition coefficient (Wildman–Crippen LogP) is 1.87. The van der Waals surface area contributed by atoms with Gasteiger partial charge in [0.1, 0.15) is 6.54 Å². The highest BCUT2D eigenvalue weighted by Crippen LogP contribution is 2.31. The van der Waals surface area contributed by atoms with Crippen molar-refractivity contribution in [3.63, 3.8) is 0 Å². The molecule has 1 aliphatic carbocycles. The lowest BCUT2D eigenvalue weighted by Gasteiger charge is -2.20. The number of nitrogens with zero attached hydrogens (tertiary/aromatic N) is 3. The van der Waals surface area contributed by atoms with Crippen LogP contribution in [0.25, 0.3) is 0 Å². The average molecular weight is 430 g/mol. The minimum atomic E-state index is -0.648. The number of likely N-dealkylation sites (N-methyl/N-ethyl adjacent to an activating group) is 1. The molecule has 0 unspecified atom stereocenters. The van der Waals surface area contributed by atoms with Gasteiger partial charge in [-0.3, -0.25) is 19.2 Å². The van der Waals surface area contributed by atoms with E-state index in [-0.39, 0.29) is 40.5 Å². The van der Waals surface area contributed by atoms with Crippen molar-refractivity contribution in [3.8, 4) is 0 Å². The summed E-state index contributed by atoms with van der Waals surface area (Å²) in [6, 6.07) is 12.8. The molecule has 0 radical (unpaired) electrons. The summed E-state index contributed by atoms with van der Waals surface area (Å²) in [5.41, 5.74) is 1.13. The molecule has 32 heavy (non-hydrogen) atoms. The van der Waals surface area contributed by atoms with Crippen molar-refractivity contribution in [2.45, 2.75) is 0 Å². The Hall–Kier alpha value is -4.40. The van der Waals surface area contributed by atoms with Gasteiger partial charge in [-0.15, -0.1) is 0 Å². The molecule has 4 rings (SSSR count). The first-order valence-electron chi connectivity index (χ1n) is 9.71. The first kappa shape index (κ1) is 20.9. The first-order valence-corrected chi connectivity index (χ1v) is 9.71. The Morgan fingerprint density at radius 2 is 1.56 bits per heavy atom. The van der Waals surface area contributed by atoms with E-state index < -0.39 is 18.5 Å². The Morgan fingerprint density at radius 1 is 0.906 bits per heavy atom. The normalized spacial score (nSPS) is 11.9. The fourth-order valence-electron chi connectivity index (χ4n) is 3.38. The van der Waals surface area contributed by atoms with E-state index in [4.69, 9.17) is 4.74 Å². The molecule has 3 aromatic rings. The molecule has 9 nitrogen and oxygen atoms in total. The van der Waals surface area contributed by atoms with Crippen molar-refractivity contribution < 1.29 is 23.9 Å². The summed E-state index contributed by atoms with van der Waals surface area (Å²) in [5.74, 6) is -1.58. The lowest BCUT2D eigenvalue weighted by molar-refractivity contribution is -0.145. The number of nitrogens with one attached hydrogen (secondary N) is 1. The molecule has 0 bridgehead atoms. The molecule has 1 N–H and O–H groups in total. The van der Waals surface area contributed by atoms with E-state index >= 15 is 0 Å². The van der Waals surface area contributed by atoms with Crippen molar-refractivity contribution in [1.29, 1.82) is 0 Å². The molecule has 0 saturated heterocycles. The van der Waals surface area contributed by atoms with Gasteiger partial charge in [0, 0.05) is 36.1 Å². The highest BCUT2D eigenvalue weighted by Gasteiger charge is 2.31. The number of carbonyl (C=O) groups excluding carboxylic acids is 4. The van der Waals surface area contributed by atoms with Crippen molar-refractivity contribution >= 4 is 35.1 Å². The number of hydrogen-bond donors (Lipinski definition) is 1. The van der Waals surface area contributed by atoms with Crippen molar-refractivity contribution in [1.82, 2.24) is 9.97 Å². The number of rotatable bonds is 6. The van der Waals surface area contributed by atoms with E-state index in [0.29, 0.717) is 11.5 Å². The van der Waals surface area contributed by atoms with Crippen LogP contribution >= 0.6 is 0 Å². The second-order valence-corrected chi connectivity index (χ2v) is 7.05. The van der Waals surface area contributed by atoms with E-state index in [1.165, 1.54) is 11.0 Å². The van der Waals surface area contributed by atoms with Gasteiger partial charge in [0.25, 0.3) is 5.91 Å². The smallest absolute Gasteiger partial charge is 0.326 e. The molecule has 0 atom stereocenters. The van der Waals surface area contributed by atoms with E-state index in [9.17, 15) is 19.2 Å². The fourth-order valence-corrected chi connectivity index (χ4v) is 3.38. The molecule has 1 heterocycles. The van der Waals surface area contributed by atoms with Crippen LogP contribution < -0.4 is 10.2 Å². The quantitative estimate of drug-likeness (QED) is 0.461. The van der Waals surface area contributed by atoms with Crippen molar-refractivity contribution in [2.24, 2.45) is 0 Å². The van der Waals surface area contributed by atoms with Gasteiger partial charge < -0.3 is 15.0 Å². The number of ether oxygens (including phenoxy) is 1. The fraction of sp³-hybridized carbons (Fsp3) is 0.130. The van der Waals surface area contributed by atoms with E-state index in [1.54, 1.807) is 61.9 Å². The maximum Gasteiger partial charge on any atom is 0.326 e. The number of amides is 1. The molecular formula is C23H18N4O5. The zero-order valence-electron chi connectivity index (χ0n) is 17.1. The molecule has 1 aliphatic rings. The Kier molecular flexibility index (Phi) is 5.71. The zero-order valence-corrected chi connectivity index (χ0v) is 17.1. The highest BCUT2D eigenvalue weighted by molar-refractivity contribution is 6.30. The number of aromatic nitrogens is 2. The van der Waals surface area contributed by atoms with Crippen LogP contribution in [-0.4, -0.2) is 53.6 Å². The zero-order chi connectivity index (χ0) is 22.7. The summed E-state index contributed by atoms with van der Waals surface area (Å²) in [5, 5.41) is 2.56. The molecule has 1 aromatic heterocycles. The van der Waals surface area contributed by atoms with Gasteiger partial charge in [-0.05, 0) is 12.1 Å². The molecule has 0 aliphatic heterocycles. The molecule has 1 amide bonds. The third kappa shape index (κ3) is 4.08. The summed E-state index contributed by atoms with van der Waals surface area (Å²) >= 11 is 0. The Labute approximate surface area is 183 Å². The van der Waals surface area contributed by atoms with Gasteiger partial charge >= 0.3 is 5.97 Å². The lowest BCUT2D eigenvalue weighted by Crippen LogP contribution is -2.31. The van der Waals surface area contributed by atoms with Gasteiger partial charge in [0.2, 0.25) is 5.95 Å². The third-order valence-corrected chi connectivity index (χ3v) is 4.85. The monoisotopic (exact) mass is 430 g/mol. The maximum absolute atomic E-state index is 13.0. The minimum Gasteiger partial charge on any atom is -0.454 e. The van der Waals surface area contributed by atoms with Crippen LogP contribution in [0.1, 0.15) is 31.8 Å². The Balaban J connectivity index is 1.42. The van der Waals surface area contributed by atoms with E-state index in [2.05, 4.69) is 15.3 Å². The second kappa shape index (κ2) is 8.76. The Bertz CT molecular complexity index is 1230. The van der Waals surface area contributed by atoms with Gasteiger partial charge in [-0.2, -0.15) is 0 Å². The largest absolute Gasteiger partial charge is 0.454 e. The summed E-state index contributed by atoms with van der Waals surface area (Å²) in [4.78, 5) is 59.7. The summed E-state index contributed by atoms with van der Waals surface area (Å²) in [7, 11) is 1.62. The number of ketones is 2. The second-order valence-electron chi connectivity index (χ2n) is 7.05. The molecule has 0 saturated carbocycles. The average Bonchev–Trinajstić information content (AvgIpc) is 2.81. The van der Waals surface area contributed by atoms with Crippen LogP contribution in [0.15, 0.2) is 60.9 Å². The number of esters is 1. The number of benzene rings is 2.